The normalized spacial score (nSPS) is 27.8. The van der Waals surface area contributed by atoms with Gasteiger partial charge in [0.25, 0.3) is 0 Å². The van der Waals surface area contributed by atoms with Gasteiger partial charge in [-0.05, 0) is 51.1 Å². The zero-order valence-corrected chi connectivity index (χ0v) is 13.3. The lowest BCUT2D eigenvalue weighted by atomic mass is 10.1. The van der Waals surface area contributed by atoms with Crippen molar-refractivity contribution >= 4 is 6.03 Å². The third-order valence-corrected chi connectivity index (χ3v) is 4.81. The average molecular weight is 305 g/mol. The highest BCUT2D eigenvalue weighted by Gasteiger charge is 2.40. The molecule has 22 heavy (non-hydrogen) atoms. The lowest BCUT2D eigenvalue weighted by Crippen LogP contribution is -2.51. The highest BCUT2D eigenvalue weighted by atomic mass is 19.1. The number of amides is 2. The molecule has 0 spiro atoms. The van der Waals surface area contributed by atoms with Crippen LogP contribution in [0.2, 0.25) is 0 Å². The van der Waals surface area contributed by atoms with Gasteiger partial charge in [0.05, 0.1) is 0 Å². The first-order valence-corrected chi connectivity index (χ1v) is 8.02. The summed E-state index contributed by atoms with van der Waals surface area (Å²) in [6.07, 6.45) is 3.16. The van der Waals surface area contributed by atoms with Crippen molar-refractivity contribution in [1.29, 1.82) is 0 Å². The van der Waals surface area contributed by atoms with Crippen LogP contribution in [0.1, 0.15) is 30.7 Å². The van der Waals surface area contributed by atoms with Crippen LogP contribution in [0.25, 0.3) is 0 Å². The number of carbonyl (C=O) groups is 1. The molecule has 3 atom stereocenters. The Balaban J connectivity index is 1.52. The van der Waals surface area contributed by atoms with Crippen molar-refractivity contribution in [2.75, 3.05) is 27.2 Å². The Morgan fingerprint density at radius 2 is 2.05 bits per heavy atom. The number of hydrogen-bond acceptors (Lipinski definition) is 2. The van der Waals surface area contributed by atoms with Crippen LogP contribution in [0.15, 0.2) is 24.3 Å². The number of urea groups is 1. The molecular formula is C17H24FN3O. The van der Waals surface area contributed by atoms with Crippen LogP contribution in [-0.2, 0) is 0 Å². The number of likely N-dealkylation sites (tertiary alicyclic amines) is 1. The molecule has 1 aliphatic heterocycles. The van der Waals surface area contributed by atoms with E-state index in [1.807, 2.05) is 17.0 Å². The monoisotopic (exact) mass is 305 g/mol. The Morgan fingerprint density at radius 3 is 2.73 bits per heavy atom. The Bertz CT molecular complexity index is 531. The van der Waals surface area contributed by atoms with Gasteiger partial charge >= 0.3 is 6.03 Å². The molecule has 1 saturated carbocycles. The number of benzene rings is 1. The van der Waals surface area contributed by atoms with Gasteiger partial charge in [-0.3, -0.25) is 0 Å². The first kappa shape index (κ1) is 15.3. The van der Waals surface area contributed by atoms with E-state index in [4.69, 9.17) is 0 Å². The Hall–Kier alpha value is -1.62. The van der Waals surface area contributed by atoms with Crippen LogP contribution in [-0.4, -0.2) is 55.1 Å². The topological polar surface area (TPSA) is 35.6 Å². The highest BCUT2D eigenvalue weighted by molar-refractivity contribution is 5.75. The van der Waals surface area contributed by atoms with Crippen molar-refractivity contribution in [2.24, 2.45) is 0 Å². The van der Waals surface area contributed by atoms with Crippen molar-refractivity contribution in [3.8, 4) is 0 Å². The Morgan fingerprint density at radius 1 is 1.32 bits per heavy atom. The van der Waals surface area contributed by atoms with Gasteiger partial charge in [0, 0.05) is 31.1 Å². The molecule has 1 N–H and O–H groups in total. The van der Waals surface area contributed by atoms with E-state index in [2.05, 4.69) is 24.3 Å². The number of likely N-dealkylation sites (N-methyl/N-ethyl adjacent to an activating group) is 1. The molecule has 0 unspecified atom stereocenters. The lowest BCUT2D eigenvalue weighted by Gasteiger charge is -2.36. The third-order valence-electron chi connectivity index (χ3n) is 4.81. The van der Waals surface area contributed by atoms with Gasteiger partial charge in [-0.25, -0.2) is 9.18 Å². The van der Waals surface area contributed by atoms with Gasteiger partial charge in [-0.15, -0.1) is 0 Å². The molecule has 5 heteroatoms. The number of nitrogens with one attached hydrogen (secondary N) is 1. The average Bonchev–Trinajstić information content (AvgIpc) is 3.27. The van der Waals surface area contributed by atoms with Crippen LogP contribution >= 0.6 is 0 Å². The third kappa shape index (κ3) is 3.40. The van der Waals surface area contributed by atoms with Gasteiger partial charge in [-0.1, -0.05) is 12.1 Å². The highest BCUT2D eigenvalue weighted by Crippen LogP contribution is 2.40. The number of piperidine rings is 1. The summed E-state index contributed by atoms with van der Waals surface area (Å²) in [5, 5.41) is 3.12. The molecule has 1 saturated heterocycles. The molecule has 0 bridgehead atoms. The van der Waals surface area contributed by atoms with Crippen molar-refractivity contribution in [1.82, 2.24) is 15.1 Å². The fraction of sp³-hybridized carbons (Fsp3) is 0.588. The summed E-state index contributed by atoms with van der Waals surface area (Å²) >= 11 is 0. The molecule has 2 fully saturated rings. The molecule has 1 aliphatic carbocycles. The number of rotatable bonds is 3. The first-order chi connectivity index (χ1) is 10.5. The fourth-order valence-electron chi connectivity index (χ4n) is 3.24. The van der Waals surface area contributed by atoms with Crippen LogP contribution in [0, 0.1) is 5.82 Å². The molecule has 0 radical (unpaired) electrons. The minimum Gasteiger partial charge on any atom is -0.335 e. The minimum atomic E-state index is -0.215. The van der Waals surface area contributed by atoms with Crippen LogP contribution in [0.3, 0.4) is 0 Å². The van der Waals surface area contributed by atoms with Gasteiger partial charge in [0.2, 0.25) is 0 Å². The molecular weight excluding hydrogens is 281 g/mol. The molecule has 2 aliphatic rings. The van der Waals surface area contributed by atoms with Gasteiger partial charge in [0.1, 0.15) is 5.82 Å². The number of halogens is 1. The summed E-state index contributed by atoms with van der Waals surface area (Å²) in [5.41, 5.74) is 1.11. The second-order valence-corrected chi connectivity index (χ2v) is 6.66. The minimum absolute atomic E-state index is 0.0427. The second-order valence-electron chi connectivity index (χ2n) is 6.66. The predicted molar refractivity (Wildman–Crippen MR) is 84.4 cm³/mol. The second kappa shape index (κ2) is 6.24. The molecule has 3 rings (SSSR count). The van der Waals surface area contributed by atoms with Crippen molar-refractivity contribution in [3.05, 3.63) is 35.6 Å². The summed E-state index contributed by atoms with van der Waals surface area (Å²) in [5.74, 6) is 0.118. The summed E-state index contributed by atoms with van der Waals surface area (Å²) in [6.45, 7) is 1.64. The summed E-state index contributed by atoms with van der Waals surface area (Å²) < 4.78 is 12.9. The van der Waals surface area contributed by atoms with Crippen molar-refractivity contribution in [2.45, 2.75) is 37.3 Å². The van der Waals surface area contributed by atoms with Crippen molar-refractivity contribution < 1.29 is 9.18 Å². The maximum absolute atomic E-state index is 12.9. The van der Waals surface area contributed by atoms with E-state index in [1.165, 1.54) is 12.1 Å². The van der Waals surface area contributed by atoms with E-state index in [0.717, 1.165) is 37.9 Å². The number of carbonyl (C=O) groups excluding carboxylic acids is 1. The van der Waals surface area contributed by atoms with Gasteiger partial charge in [0.15, 0.2) is 0 Å². The quantitative estimate of drug-likeness (QED) is 0.931. The Labute approximate surface area is 131 Å². The predicted octanol–water partition coefficient (Wildman–Crippen LogP) is 2.42. The molecule has 1 aromatic carbocycles. The lowest BCUT2D eigenvalue weighted by molar-refractivity contribution is 0.139. The zero-order valence-electron chi connectivity index (χ0n) is 13.3. The zero-order chi connectivity index (χ0) is 15.7. The standard InChI is InChI=1S/C17H24FN3O/c1-20(2)14-4-3-9-21(11-14)17(22)19-16-10-15(16)12-5-7-13(18)8-6-12/h5-8,14-16H,3-4,9-11H2,1-2H3,(H,19,22)/t14-,15-,16+/m1/s1. The SMILES string of the molecule is CN(C)[C@@H]1CCCN(C(=O)N[C@H]2C[C@@H]2c2ccc(F)cc2)C1. The van der Waals surface area contributed by atoms with Crippen molar-refractivity contribution in [3.63, 3.8) is 0 Å². The Kier molecular flexibility index (Phi) is 4.34. The number of hydrogen-bond donors (Lipinski definition) is 1. The summed E-state index contributed by atoms with van der Waals surface area (Å²) in [4.78, 5) is 16.5. The molecule has 1 heterocycles. The summed E-state index contributed by atoms with van der Waals surface area (Å²) in [7, 11) is 4.13. The largest absolute Gasteiger partial charge is 0.335 e. The number of nitrogens with zero attached hydrogens (tertiary/aromatic N) is 2. The van der Waals surface area contributed by atoms with E-state index >= 15 is 0 Å². The van der Waals surface area contributed by atoms with Crippen LogP contribution in [0.5, 0.6) is 0 Å². The van der Waals surface area contributed by atoms with Crippen LogP contribution < -0.4 is 5.32 Å². The van der Waals surface area contributed by atoms with Crippen LogP contribution in [0.4, 0.5) is 9.18 Å². The molecule has 120 valence electrons. The van der Waals surface area contributed by atoms with E-state index in [1.54, 1.807) is 0 Å². The van der Waals surface area contributed by atoms with E-state index in [9.17, 15) is 9.18 Å². The molecule has 4 nitrogen and oxygen atoms in total. The van der Waals surface area contributed by atoms with Gasteiger partial charge in [-0.2, -0.15) is 0 Å². The molecule has 0 aromatic heterocycles. The fourth-order valence-corrected chi connectivity index (χ4v) is 3.24. The molecule has 2 amide bonds. The molecule has 1 aromatic rings. The maximum atomic E-state index is 12.9. The summed E-state index contributed by atoms with van der Waals surface area (Å²) in [6, 6.07) is 7.28. The smallest absolute Gasteiger partial charge is 0.317 e. The first-order valence-electron chi connectivity index (χ1n) is 8.02. The van der Waals surface area contributed by atoms with Gasteiger partial charge < -0.3 is 15.1 Å². The maximum Gasteiger partial charge on any atom is 0.317 e. The van der Waals surface area contributed by atoms with E-state index < -0.39 is 0 Å². The van der Waals surface area contributed by atoms with E-state index in [-0.39, 0.29) is 17.9 Å². The van der Waals surface area contributed by atoms with E-state index in [0.29, 0.717) is 12.0 Å².